The first-order valence-electron chi connectivity index (χ1n) is 4.76. The summed E-state index contributed by atoms with van der Waals surface area (Å²) >= 11 is 0. The zero-order valence-corrected chi connectivity index (χ0v) is 8.66. The van der Waals surface area contributed by atoms with Gasteiger partial charge in [0.1, 0.15) is 0 Å². The van der Waals surface area contributed by atoms with Gasteiger partial charge in [-0.2, -0.15) is 0 Å². The first-order valence-corrected chi connectivity index (χ1v) is 4.76. The lowest BCUT2D eigenvalue weighted by atomic mass is 10.4. The van der Waals surface area contributed by atoms with Gasteiger partial charge in [-0.05, 0) is 6.92 Å². The topological polar surface area (TPSA) is 41.9 Å². The SMILES string of the molecule is CCOCCN1CCOCC1.CO. The van der Waals surface area contributed by atoms with Gasteiger partial charge in [0.2, 0.25) is 0 Å². The van der Waals surface area contributed by atoms with Crippen LogP contribution in [-0.2, 0) is 9.47 Å². The summed E-state index contributed by atoms with van der Waals surface area (Å²) in [6.45, 7) is 8.65. The highest BCUT2D eigenvalue weighted by Gasteiger charge is 2.08. The van der Waals surface area contributed by atoms with Crippen LogP contribution in [0.25, 0.3) is 0 Å². The summed E-state index contributed by atoms with van der Waals surface area (Å²) in [5.74, 6) is 0. The van der Waals surface area contributed by atoms with E-state index in [2.05, 4.69) is 4.90 Å². The van der Waals surface area contributed by atoms with Gasteiger partial charge in [-0.25, -0.2) is 0 Å². The predicted octanol–water partition coefficient (Wildman–Crippen LogP) is -0.0364. The minimum Gasteiger partial charge on any atom is -0.400 e. The van der Waals surface area contributed by atoms with Crippen molar-refractivity contribution in [1.29, 1.82) is 0 Å². The number of ether oxygens (including phenoxy) is 2. The van der Waals surface area contributed by atoms with Gasteiger partial charge >= 0.3 is 0 Å². The zero-order chi connectivity index (χ0) is 9.94. The predicted molar refractivity (Wildman–Crippen MR) is 51.9 cm³/mol. The quantitative estimate of drug-likeness (QED) is 0.633. The first-order chi connectivity index (χ1) is 6.43. The largest absolute Gasteiger partial charge is 0.400 e. The van der Waals surface area contributed by atoms with Crippen molar-refractivity contribution in [3.63, 3.8) is 0 Å². The van der Waals surface area contributed by atoms with E-state index >= 15 is 0 Å². The van der Waals surface area contributed by atoms with Crippen molar-refractivity contribution in [3.8, 4) is 0 Å². The van der Waals surface area contributed by atoms with Crippen molar-refractivity contribution in [2.75, 3.05) is 53.2 Å². The molecule has 0 atom stereocenters. The molecule has 1 heterocycles. The van der Waals surface area contributed by atoms with Gasteiger partial charge in [0, 0.05) is 33.4 Å². The number of morpholine rings is 1. The van der Waals surface area contributed by atoms with E-state index in [1.165, 1.54) is 0 Å². The molecule has 0 aliphatic carbocycles. The van der Waals surface area contributed by atoms with Crippen molar-refractivity contribution in [2.24, 2.45) is 0 Å². The minimum atomic E-state index is 0.824. The molecule has 0 amide bonds. The summed E-state index contributed by atoms with van der Waals surface area (Å²) in [5.41, 5.74) is 0. The molecule has 1 rings (SSSR count). The Hall–Kier alpha value is -0.160. The Balaban J connectivity index is 0.000000671. The van der Waals surface area contributed by atoms with E-state index in [0.29, 0.717) is 0 Å². The molecule has 0 saturated carbocycles. The van der Waals surface area contributed by atoms with E-state index in [0.717, 1.165) is 53.2 Å². The Bertz CT molecular complexity index is 94.9. The van der Waals surface area contributed by atoms with E-state index in [4.69, 9.17) is 14.6 Å². The fraction of sp³-hybridized carbons (Fsp3) is 1.00. The van der Waals surface area contributed by atoms with E-state index in [-0.39, 0.29) is 0 Å². The molecule has 0 aromatic carbocycles. The average molecular weight is 191 g/mol. The Morgan fingerprint density at radius 1 is 1.31 bits per heavy atom. The lowest BCUT2D eigenvalue weighted by molar-refractivity contribution is 0.0219. The van der Waals surface area contributed by atoms with Crippen molar-refractivity contribution in [1.82, 2.24) is 4.90 Å². The number of nitrogens with zero attached hydrogens (tertiary/aromatic N) is 1. The van der Waals surface area contributed by atoms with Crippen LogP contribution in [0.15, 0.2) is 0 Å². The van der Waals surface area contributed by atoms with Crippen molar-refractivity contribution < 1.29 is 14.6 Å². The molecular weight excluding hydrogens is 170 g/mol. The van der Waals surface area contributed by atoms with Gasteiger partial charge in [-0.15, -0.1) is 0 Å². The molecule has 1 saturated heterocycles. The maximum absolute atomic E-state index is 7.00. The van der Waals surface area contributed by atoms with Crippen LogP contribution in [0.4, 0.5) is 0 Å². The van der Waals surface area contributed by atoms with E-state index in [9.17, 15) is 0 Å². The number of aliphatic hydroxyl groups is 1. The molecule has 0 bridgehead atoms. The zero-order valence-electron chi connectivity index (χ0n) is 8.66. The fourth-order valence-electron chi connectivity index (χ4n) is 1.16. The second kappa shape index (κ2) is 9.92. The van der Waals surface area contributed by atoms with Gasteiger partial charge in [0.15, 0.2) is 0 Å². The standard InChI is InChI=1S/C8H17NO2.CH4O/c1-2-10-6-3-9-4-7-11-8-5-9;1-2/h2-8H2,1H3;2H,1H3. The Labute approximate surface area is 80.4 Å². The maximum Gasteiger partial charge on any atom is 0.0594 e. The van der Waals surface area contributed by atoms with Crippen LogP contribution in [0, 0.1) is 0 Å². The first kappa shape index (κ1) is 12.8. The molecule has 80 valence electrons. The summed E-state index contributed by atoms with van der Waals surface area (Å²) in [4.78, 5) is 2.37. The highest BCUT2D eigenvalue weighted by Crippen LogP contribution is 1.95. The van der Waals surface area contributed by atoms with Crippen molar-refractivity contribution in [3.05, 3.63) is 0 Å². The van der Waals surface area contributed by atoms with Gasteiger partial charge in [0.05, 0.1) is 19.8 Å². The molecule has 0 aromatic heterocycles. The van der Waals surface area contributed by atoms with Gasteiger partial charge < -0.3 is 14.6 Å². The smallest absolute Gasteiger partial charge is 0.0594 e. The second-order valence-electron chi connectivity index (χ2n) is 2.65. The van der Waals surface area contributed by atoms with Gasteiger partial charge in [-0.1, -0.05) is 0 Å². The molecule has 0 aromatic rings. The highest BCUT2D eigenvalue weighted by molar-refractivity contribution is 4.60. The lowest BCUT2D eigenvalue weighted by Gasteiger charge is -2.26. The maximum atomic E-state index is 7.00. The molecule has 4 nitrogen and oxygen atoms in total. The third-order valence-corrected chi connectivity index (χ3v) is 1.86. The Morgan fingerprint density at radius 2 is 1.92 bits per heavy atom. The van der Waals surface area contributed by atoms with Crippen LogP contribution < -0.4 is 0 Å². The van der Waals surface area contributed by atoms with Gasteiger partial charge in [-0.3, -0.25) is 4.90 Å². The molecular formula is C9H21NO3. The van der Waals surface area contributed by atoms with Crippen LogP contribution in [0.5, 0.6) is 0 Å². The third-order valence-electron chi connectivity index (χ3n) is 1.86. The number of hydrogen-bond donors (Lipinski definition) is 1. The summed E-state index contributed by atoms with van der Waals surface area (Å²) in [6.07, 6.45) is 0. The molecule has 1 fully saturated rings. The van der Waals surface area contributed by atoms with Crippen LogP contribution in [0.3, 0.4) is 0 Å². The summed E-state index contributed by atoms with van der Waals surface area (Å²) in [5, 5.41) is 7.00. The number of aliphatic hydroxyl groups excluding tert-OH is 1. The normalized spacial score (nSPS) is 17.8. The van der Waals surface area contributed by atoms with Crippen molar-refractivity contribution in [2.45, 2.75) is 6.92 Å². The molecule has 1 aliphatic rings. The lowest BCUT2D eigenvalue weighted by Crippen LogP contribution is -2.38. The monoisotopic (exact) mass is 191 g/mol. The van der Waals surface area contributed by atoms with Crippen LogP contribution in [0.2, 0.25) is 0 Å². The average Bonchev–Trinajstić information content (AvgIpc) is 2.23. The number of hydrogen-bond acceptors (Lipinski definition) is 4. The van der Waals surface area contributed by atoms with Crippen LogP contribution >= 0.6 is 0 Å². The highest BCUT2D eigenvalue weighted by atomic mass is 16.5. The van der Waals surface area contributed by atoms with Gasteiger partial charge in [0.25, 0.3) is 0 Å². The van der Waals surface area contributed by atoms with E-state index in [1.807, 2.05) is 6.92 Å². The number of rotatable bonds is 4. The summed E-state index contributed by atoms with van der Waals surface area (Å²) in [7, 11) is 1.00. The fourth-order valence-corrected chi connectivity index (χ4v) is 1.16. The van der Waals surface area contributed by atoms with E-state index < -0.39 is 0 Å². The summed E-state index contributed by atoms with van der Waals surface area (Å²) < 4.78 is 10.5. The molecule has 0 spiro atoms. The molecule has 0 radical (unpaired) electrons. The molecule has 13 heavy (non-hydrogen) atoms. The molecule has 0 unspecified atom stereocenters. The Morgan fingerprint density at radius 3 is 2.46 bits per heavy atom. The van der Waals surface area contributed by atoms with E-state index in [1.54, 1.807) is 0 Å². The molecule has 1 N–H and O–H groups in total. The summed E-state index contributed by atoms with van der Waals surface area (Å²) in [6, 6.07) is 0. The Kier molecular flexibility index (Phi) is 9.80. The van der Waals surface area contributed by atoms with Crippen LogP contribution in [0.1, 0.15) is 6.92 Å². The van der Waals surface area contributed by atoms with Crippen molar-refractivity contribution >= 4 is 0 Å². The van der Waals surface area contributed by atoms with Crippen LogP contribution in [-0.4, -0.2) is 63.2 Å². The third kappa shape index (κ3) is 6.95. The minimum absolute atomic E-state index is 0.824. The molecule has 1 aliphatic heterocycles. The second-order valence-corrected chi connectivity index (χ2v) is 2.65. The molecule has 4 heteroatoms.